The standard InChI is InChI=1S/C21H17FN4O3/c22-16-5-2-1-4-13(16)8-10-19(27)24-25-20(28)14-7-9-15-17(12-14)23-18-6-3-11-26(18)21(15)29/h1-2,4-5,7-10,12H,3,6,11H2,(H,24,27)(H,25,28)/b10-8+. The number of carbonyl (C=O) groups is 2. The van der Waals surface area contributed by atoms with Gasteiger partial charge in [0.1, 0.15) is 11.6 Å². The molecule has 2 heterocycles. The molecule has 2 N–H and O–H groups in total. The number of rotatable bonds is 3. The molecule has 0 aliphatic carbocycles. The summed E-state index contributed by atoms with van der Waals surface area (Å²) < 4.78 is 15.2. The van der Waals surface area contributed by atoms with Gasteiger partial charge >= 0.3 is 0 Å². The average molecular weight is 392 g/mol. The maximum Gasteiger partial charge on any atom is 0.269 e. The molecule has 8 heteroatoms. The third-order valence-electron chi connectivity index (χ3n) is 4.70. The predicted molar refractivity (Wildman–Crippen MR) is 105 cm³/mol. The van der Waals surface area contributed by atoms with Crippen molar-refractivity contribution in [3.05, 3.63) is 81.7 Å². The van der Waals surface area contributed by atoms with Crippen molar-refractivity contribution in [1.29, 1.82) is 0 Å². The number of hydrogen-bond donors (Lipinski definition) is 2. The predicted octanol–water partition coefficient (Wildman–Crippen LogP) is 1.96. The molecule has 1 aromatic heterocycles. The van der Waals surface area contributed by atoms with Gasteiger partial charge in [-0.1, -0.05) is 18.2 Å². The fourth-order valence-corrected chi connectivity index (χ4v) is 3.23. The van der Waals surface area contributed by atoms with Crippen molar-refractivity contribution in [2.75, 3.05) is 0 Å². The van der Waals surface area contributed by atoms with Crippen LogP contribution in [0.1, 0.15) is 28.2 Å². The number of aromatic nitrogens is 2. The van der Waals surface area contributed by atoms with Gasteiger partial charge in [-0.25, -0.2) is 9.37 Å². The molecule has 0 atom stereocenters. The van der Waals surface area contributed by atoms with Gasteiger partial charge in [-0.3, -0.25) is 29.8 Å². The third-order valence-corrected chi connectivity index (χ3v) is 4.70. The van der Waals surface area contributed by atoms with E-state index in [1.54, 1.807) is 22.8 Å². The zero-order valence-electron chi connectivity index (χ0n) is 15.3. The molecule has 4 rings (SSSR count). The summed E-state index contributed by atoms with van der Waals surface area (Å²) in [4.78, 5) is 41.1. The number of amides is 2. The lowest BCUT2D eigenvalue weighted by Gasteiger charge is -2.08. The van der Waals surface area contributed by atoms with Crippen molar-refractivity contribution in [1.82, 2.24) is 20.4 Å². The summed E-state index contributed by atoms with van der Waals surface area (Å²) >= 11 is 0. The van der Waals surface area contributed by atoms with Crippen LogP contribution >= 0.6 is 0 Å². The molecule has 7 nitrogen and oxygen atoms in total. The Kier molecular flexibility index (Phi) is 4.90. The number of nitrogens with one attached hydrogen (secondary N) is 2. The first-order valence-electron chi connectivity index (χ1n) is 9.09. The van der Waals surface area contributed by atoms with Gasteiger partial charge in [0, 0.05) is 30.2 Å². The SMILES string of the molecule is O=C(/C=C/c1ccccc1F)NNC(=O)c1ccc2c(=O)n3c(nc2c1)CCC3. The number of hydrogen-bond acceptors (Lipinski definition) is 4. The number of fused-ring (bicyclic) bond motifs is 2. The molecule has 1 aliphatic rings. The maximum absolute atomic E-state index is 13.5. The number of benzene rings is 2. The summed E-state index contributed by atoms with van der Waals surface area (Å²) in [5.41, 5.74) is 5.37. The zero-order chi connectivity index (χ0) is 20.4. The molecular weight excluding hydrogens is 375 g/mol. The summed E-state index contributed by atoms with van der Waals surface area (Å²) in [6.07, 6.45) is 4.03. The van der Waals surface area contributed by atoms with Crippen molar-refractivity contribution in [2.24, 2.45) is 0 Å². The molecule has 0 spiro atoms. The molecule has 146 valence electrons. The quantitative estimate of drug-likeness (QED) is 0.526. The molecule has 0 bridgehead atoms. The van der Waals surface area contributed by atoms with Crippen LogP contribution in [0.3, 0.4) is 0 Å². The normalized spacial score (nSPS) is 12.9. The van der Waals surface area contributed by atoms with E-state index in [1.165, 1.54) is 30.3 Å². The molecule has 3 aromatic rings. The van der Waals surface area contributed by atoms with Gasteiger partial charge in [-0.05, 0) is 36.8 Å². The molecule has 1 aliphatic heterocycles. The highest BCUT2D eigenvalue weighted by atomic mass is 19.1. The van der Waals surface area contributed by atoms with Crippen LogP contribution in [0.5, 0.6) is 0 Å². The fourth-order valence-electron chi connectivity index (χ4n) is 3.23. The Hall–Kier alpha value is -3.81. The topological polar surface area (TPSA) is 93.1 Å². The van der Waals surface area contributed by atoms with Crippen molar-refractivity contribution in [3.8, 4) is 0 Å². The molecular formula is C21H17FN4O3. The first-order valence-corrected chi connectivity index (χ1v) is 9.09. The lowest BCUT2D eigenvalue weighted by molar-refractivity contribution is -0.117. The Bertz CT molecular complexity index is 1220. The number of aryl methyl sites for hydroxylation is 1. The number of hydrazine groups is 1. The van der Waals surface area contributed by atoms with Crippen LogP contribution in [0.15, 0.2) is 53.3 Å². The first kappa shape index (κ1) is 18.5. The van der Waals surface area contributed by atoms with E-state index in [4.69, 9.17) is 0 Å². The third kappa shape index (κ3) is 3.77. The van der Waals surface area contributed by atoms with E-state index in [0.29, 0.717) is 23.3 Å². The first-order chi connectivity index (χ1) is 14.0. The Morgan fingerprint density at radius 3 is 2.79 bits per heavy atom. The van der Waals surface area contributed by atoms with Crippen LogP contribution in [0, 0.1) is 5.82 Å². The van der Waals surface area contributed by atoms with Crippen LogP contribution in [0.2, 0.25) is 0 Å². The molecule has 2 aromatic carbocycles. The average Bonchev–Trinajstić information content (AvgIpc) is 3.20. The maximum atomic E-state index is 13.5. The minimum Gasteiger partial charge on any atom is -0.296 e. The van der Waals surface area contributed by atoms with Crippen LogP contribution in [-0.4, -0.2) is 21.4 Å². The summed E-state index contributed by atoms with van der Waals surface area (Å²) in [5.74, 6) is -0.906. The lowest BCUT2D eigenvalue weighted by atomic mass is 10.1. The monoisotopic (exact) mass is 392 g/mol. The van der Waals surface area contributed by atoms with E-state index in [0.717, 1.165) is 18.9 Å². The summed E-state index contributed by atoms with van der Waals surface area (Å²) in [6, 6.07) is 10.6. The second-order valence-electron chi connectivity index (χ2n) is 6.62. The van der Waals surface area contributed by atoms with E-state index < -0.39 is 17.6 Å². The van der Waals surface area contributed by atoms with Gasteiger partial charge in [0.05, 0.1) is 10.9 Å². The van der Waals surface area contributed by atoms with E-state index >= 15 is 0 Å². The Morgan fingerprint density at radius 1 is 1.14 bits per heavy atom. The van der Waals surface area contributed by atoms with Crippen LogP contribution in [-0.2, 0) is 17.8 Å². The molecule has 0 unspecified atom stereocenters. The van der Waals surface area contributed by atoms with Gasteiger partial charge < -0.3 is 0 Å². The van der Waals surface area contributed by atoms with E-state index in [1.807, 2.05) is 0 Å². The van der Waals surface area contributed by atoms with E-state index in [2.05, 4.69) is 15.8 Å². The van der Waals surface area contributed by atoms with Crippen LogP contribution in [0.4, 0.5) is 4.39 Å². The van der Waals surface area contributed by atoms with Gasteiger partial charge in [0.2, 0.25) is 0 Å². The van der Waals surface area contributed by atoms with Crippen molar-refractivity contribution >= 4 is 28.8 Å². The highest BCUT2D eigenvalue weighted by Crippen LogP contribution is 2.16. The van der Waals surface area contributed by atoms with Crippen molar-refractivity contribution in [2.45, 2.75) is 19.4 Å². The Labute approximate surface area is 164 Å². The largest absolute Gasteiger partial charge is 0.296 e. The molecule has 0 fully saturated rings. The summed E-state index contributed by atoms with van der Waals surface area (Å²) in [5, 5.41) is 0.448. The zero-order valence-corrected chi connectivity index (χ0v) is 15.3. The van der Waals surface area contributed by atoms with Crippen molar-refractivity contribution < 1.29 is 14.0 Å². The molecule has 0 saturated heterocycles. The van der Waals surface area contributed by atoms with E-state index in [9.17, 15) is 18.8 Å². The van der Waals surface area contributed by atoms with E-state index in [-0.39, 0.29) is 16.7 Å². The highest BCUT2D eigenvalue weighted by Gasteiger charge is 2.17. The fraction of sp³-hybridized carbons (Fsp3) is 0.143. The minimum atomic E-state index is -0.614. The Morgan fingerprint density at radius 2 is 1.97 bits per heavy atom. The number of carbonyl (C=O) groups excluding carboxylic acids is 2. The lowest BCUT2D eigenvalue weighted by Crippen LogP contribution is -2.40. The number of nitrogens with zero attached hydrogens (tertiary/aromatic N) is 2. The van der Waals surface area contributed by atoms with Gasteiger partial charge in [-0.2, -0.15) is 0 Å². The Balaban J connectivity index is 1.45. The molecule has 0 saturated carbocycles. The highest BCUT2D eigenvalue weighted by molar-refractivity contribution is 6.00. The second-order valence-corrected chi connectivity index (χ2v) is 6.62. The number of halogens is 1. The molecule has 29 heavy (non-hydrogen) atoms. The summed E-state index contributed by atoms with van der Waals surface area (Å²) in [7, 11) is 0. The molecule has 2 amide bonds. The van der Waals surface area contributed by atoms with Gasteiger partial charge in [0.15, 0.2) is 0 Å². The minimum absolute atomic E-state index is 0.110. The van der Waals surface area contributed by atoms with Crippen LogP contribution in [0.25, 0.3) is 17.0 Å². The van der Waals surface area contributed by atoms with Gasteiger partial charge in [0.25, 0.3) is 17.4 Å². The smallest absolute Gasteiger partial charge is 0.269 e. The van der Waals surface area contributed by atoms with Crippen LogP contribution < -0.4 is 16.4 Å². The van der Waals surface area contributed by atoms with Crippen molar-refractivity contribution in [3.63, 3.8) is 0 Å². The molecule has 0 radical (unpaired) electrons. The second kappa shape index (κ2) is 7.67. The van der Waals surface area contributed by atoms with Gasteiger partial charge in [-0.15, -0.1) is 0 Å². The summed E-state index contributed by atoms with van der Waals surface area (Å²) in [6.45, 7) is 0.659.